The third-order valence-corrected chi connectivity index (χ3v) is 4.32. The van der Waals surface area contributed by atoms with Crippen LogP contribution in [0.25, 0.3) is 0 Å². The molecule has 0 bridgehead atoms. The Balaban J connectivity index is 1.74. The second-order valence-corrected chi connectivity index (χ2v) is 6.55. The first kappa shape index (κ1) is 20.3. The molecule has 1 heterocycles. The highest BCUT2D eigenvalue weighted by Crippen LogP contribution is 2.29. The Bertz CT molecular complexity index is 1050. The number of alkyl halides is 3. The van der Waals surface area contributed by atoms with Gasteiger partial charge in [0.05, 0.1) is 11.6 Å². The van der Waals surface area contributed by atoms with Crippen LogP contribution in [0, 0.1) is 0 Å². The van der Waals surface area contributed by atoms with Crippen molar-refractivity contribution in [1.82, 2.24) is 15.3 Å². The largest absolute Gasteiger partial charge is 0.416 e. The highest BCUT2D eigenvalue weighted by Gasteiger charge is 2.30. The number of aromatic nitrogens is 2. The standard InChI is InChI=1S/C21H18F3N3O2/c1-13(15-7-9-16(10-8-15)21(22,23)24)25-20(29)17-12-19(28)27-18(26-17)11-14-5-3-2-4-6-14/h2-10,12-13H,11H2,1H3,(H,25,29)(H,26,27,28)/t13-/m1/s1. The van der Waals surface area contributed by atoms with Crippen LogP contribution >= 0.6 is 0 Å². The molecule has 1 atom stereocenters. The number of rotatable bonds is 5. The van der Waals surface area contributed by atoms with Crippen LogP contribution in [-0.2, 0) is 12.6 Å². The molecule has 1 aromatic heterocycles. The third kappa shape index (κ3) is 5.31. The number of aromatic amines is 1. The van der Waals surface area contributed by atoms with Gasteiger partial charge in [-0.25, -0.2) is 4.98 Å². The first-order chi connectivity index (χ1) is 13.7. The Labute approximate surface area is 164 Å². The molecule has 0 aliphatic heterocycles. The van der Waals surface area contributed by atoms with Gasteiger partial charge in [-0.2, -0.15) is 13.2 Å². The van der Waals surface area contributed by atoms with Gasteiger partial charge in [0.2, 0.25) is 0 Å². The van der Waals surface area contributed by atoms with Gasteiger partial charge in [-0.1, -0.05) is 42.5 Å². The predicted octanol–water partition coefficient (Wildman–Crippen LogP) is 3.87. The number of halogens is 3. The van der Waals surface area contributed by atoms with Gasteiger partial charge in [0.15, 0.2) is 0 Å². The number of benzene rings is 2. The molecule has 1 amide bonds. The molecular weight excluding hydrogens is 383 g/mol. The summed E-state index contributed by atoms with van der Waals surface area (Å²) in [6.45, 7) is 1.64. The zero-order chi connectivity index (χ0) is 21.0. The number of amides is 1. The van der Waals surface area contributed by atoms with Crippen molar-refractivity contribution in [3.63, 3.8) is 0 Å². The summed E-state index contributed by atoms with van der Waals surface area (Å²) in [6.07, 6.45) is -4.07. The van der Waals surface area contributed by atoms with Crippen LogP contribution in [0.2, 0.25) is 0 Å². The molecule has 150 valence electrons. The highest BCUT2D eigenvalue weighted by molar-refractivity contribution is 5.92. The first-order valence-electron chi connectivity index (χ1n) is 8.84. The van der Waals surface area contributed by atoms with Gasteiger partial charge in [-0.3, -0.25) is 9.59 Å². The van der Waals surface area contributed by atoms with Gasteiger partial charge in [0.25, 0.3) is 11.5 Å². The van der Waals surface area contributed by atoms with Crippen LogP contribution < -0.4 is 10.9 Å². The minimum Gasteiger partial charge on any atom is -0.344 e. The van der Waals surface area contributed by atoms with E-state index >= 15 is 0 Å². The Hall–Kier alpha value is -3.42. The van der Waals surface area contributed by atoms with Crippen molar-refractivity contribution in [1.29, 1.82) is 0 Å². The minimum atomic E-state index is -4.42. The summed E-state index contributed by atoms with van der Waals surface area (Å²) in [4.78, 5) is 31.2. The summed E-state index contributed by atoms with van der Waals surface area (Å²) >= 11 is 0. The maximum atomic E-state index is 12.7. The number of carbonyl (C=O) groups excluding carboxylic acids is 1. The zero-order valence-corrected chi connectivity index (χ0v) is 15.5. The fourth-order valence-corrected chi connectivity index (χ4v) is 2.81. The fourth-order valence-electron chi connectivity index (χ4n) is 2.81. The number of carbonyl (C=O) groups is 1. The lowest BCUT2D eigenvalue weighted by molar-refractivity contribution is -0.137. The summed E-state index contributed by atoms with van der Waals surface area (Å²) in [5.41, 5.74) is 0.144. The zero-order valence-electron chi connectivity index (χ0n) is 15.5. The van der Waals surface area contributed by atoms with Gasteiger partial charge in [0, 0.05) is 12.5 Å². The van der Waals surface area contributed by atoms with Crippen LogP contribution in [0.4, 0.5) is 13.2 Å². The second kappa shape index (κ2) is 8.30. The molecule has 0 unspecified atom stereocenters. The van der Waals surface area contributed by atoms with Crippen molar-refractivity contribution in [2.45, 2.75) is 25.6 Å². The molecule has 2 aromatic carbocycles. The topological polar surface area (TPSA) is 74.8 Å². The molecule has 0 aliphatic rings. The number of nitrogens with one attached hydrogen (secondary N) is 2. The summed E-state index contributed by atoms with van der Waals surface area (Å²) in [5, 5.41) is 2.65. The quantitative estimate of drug-likeness (QED) is 0.682. The smallest absolute Gasteiger partial charge is 0.344 e. The molecule has 0 saturated carbocycles. The predicted molar refractivity (Wildman–Crippen MR) is 101 cm³/mol. The van der Waals surface area contributed by atoms with Crippen molar-refractivity contribution < 1.29 is 18.0 Å². The Kier molecular flexibility index (Phi) is 5.81. The lowest BCUT2D eigenvalue weighted by Crippen LogP contribution is -2.29. The van der Waals surface area contributed by atoms with E-state index in [1.54, 1.807) is 6.92 Å². The van der Waals surface area contributed by atoms with Gasteiger partial charge >= 0.3 is 6.18 Å². The second-order valence-electron chi connectivity index (χ2n) is 6.55. The molecule has 2 N–H and O–H groups in total. The van der Waals surface area contributed by atoms with E-state index in [0.29, 0.717) is 17.8 Å². The molecule has 5 nitrogen and oxygen atoms in total. The molecular formula is C21H18F3N3O2. The number of nitrogens with zero attached hydrogens (tertiary/aromatic N) is 1. The average molecular weight is 401 g/mol. The van der Waals surface area contributed by atoms with Crippen LogP contribution in [0.15, 0.2) is 65.5 Å². The van der Waals surface area contributed by atoms with E-state index in [-0.39, 0.29) is 5.69 Å². The normalized spacial score (nSPS) is 12.4. The molecule has 3 aromatic rings. The van der Waals surface area contributed by atoms with Crippen molar-refractivity contribution >= 4 is 5.91 Å². The highest BCUT2D eigenvalue weighted by atomic mass is 19.4. The molecule has 0 aliphatic carbocycles. The van der Waals surface area contributed by atoms with E-state index in [9.17, 15) is 22.8 Å². The van der Waals surface area contributed by atoms with Crippen molar-refractivity contribution in [3.8, 4) is 0 Å². The number of H-pyrrole nitrogens is 1. The van der Waals surface area contributed by atoms with Gasteiger partial charge < -0.3 is 10.3 Å². The third-order valence-electron chi connectivity index (χ3n) is 4.32. The fraction of sp³-hybridized carbons (Fsp3) is 0.190. The van der Waals surface area contributed by atoms with E-state index in [2.05, 4.69) is 15.3 Å². The monoisotopic (exact) mass is 401 g/mol. The van der Waals surface area contributed by atoms with E-state index in [0.717, 1.165) is 23.8 Å². The van der Waals surface area contributed by atoms with Crippen molar-refractivity contribution in [3.05, 3.63) is 99.2 Å². The van der Waals surface area contributed by atoms with E-state index < -0.39 is 29.2 Å². The molecule has 29 heavy (non-hydrogen) atoms. The summed E-state index contributed by atoms with van der Waals surface area (Å²) in [7, 11) is 0. The summed E-state index contributed by atoms with van der Waals surface area (Å²) in [5.74, 6) is -0.242. The molecule has 0 fully saturated rings. The Morgan fingerprint density at radius 3 is 2.38 bits per heavy atom. The van der Waals surface area contributed by atoms with Crippen molar-refractivity contribution in [2.24, 2.45) is 0 Å². The van der Waals surface area contributed by atoms with Gasteiger partial charge in [0.1, 0.15) is 11.5 Å². The lowest BCUT2D eigenvalue weighted by Gasteiger charge is -2.15. The molecule has 0 spiro atoms. The molecule has 0 saturated heterocycles. The maximum Gasteiger partial charge on any atom is 0.416 e. The number of hydrogen-bond acceptors (Lipinski definition) is 3. The van der Waals surface area contributed by atoms with E-state index in [1.807, 2.05) is 30.3 Å². The summed E-state index contributed by atoms with van der Waals surface area (Å²) in [6, 6.07) is 14.4. The van der Waals surface area contributed by atoms with Gasteiger partial charge in [-0.15, -0.1) is 0 Å². The minimum absolute atomic E-state index is 0.0570. The van der Waals surface area contributed by atoms with E-state index in [1.165, 1.54) is 12.1 Å². The van der Waals surface area contributed by atoms with E-state index in [4.69, 9.17) is 0 Å². The first-order valence-corrected chi connectivity index (χ1v) is 8.84. The van der Waals surface area contributed by atoms with Crippen LogP contribution in [0.3, 0.4) is 0 Å². The summed E-state index contributed by atoms with van der Waals surface area (Å²) < 4.78 is 38.0. The Morgan fingerprint density at radius 2 is 1.76 bits per heavy atom. The average Bonchev–Trinajstić information content (AvgIpc) is 2.67. The Morgan fingerprint density at radius 1 is 1.10 bits per heavy atom. The molecule has 0 radical (unpaired) electrons. The van der Waals surface area contributed by atoms with Gasteiger partial charge in [-0.05, 0) is 30.2 Å². The molecule has 3 rings (SSSR count). The van der Waals surface area contributed by atoms with Crippen LogP contribution in [0.1, 0.15) is 46.0 Å². The van der Waals surface area contributed by atoms with Crippen LogP contribution in [-0.4, -0.2) is 15.9 Å². The number of hydrogen-bond donors (Lipinski definition) is 2. The van der Waals surface area contributed by atoms with Crippen molar-refractivity contribution in [2.75, 3.05) is 0 Å². The lowest BCUT2D eigenvalue weighted by atomic mass is 10.1. The maximum absolute atomic E-state index is 12.7. The van der Waals surface area contributed by atoms with Crippen LogP contribution in [0.5, 0.6) is 0 Å². The molecule has 8 heteroatoms. The SMILES string of the molecule is C[C@@H](NC(=O)c1cc(=O)[nH]c(Cc2ccccc2)n1)c1ccc(C(F)(F)F)cc1.